The average molecular weight is 509 g/mol. The van der Waals surface area contributed by atoms with E-state index in [4.69, 9.17) is 14.2 Å². The molecule has 198 valence electrons. The quantitative estimate of drug-likeness (QED) is 0.534. The Bertz CT molecular complexity index is 1100. The number of ether oxygens (including phenoxy) is 3. The van der Waals surface area contributed by atoms with Crippen LogP contribution in [0.2, 0.25) is 0 Å². The van der Waals surface area contributed by atoms with Crippen LogP contribution >= 0.6 is 0 Å². The van der Waals surface area contributed by atoms with E-state index in [1.165, 1.54) is 0 Å². The predicted molar refractivity (Wildman–Crippen MR) is 138 cm³/mol. The zero-order chi connectivity index (χ0) is 25.2. The molecule has 9 nitrogen and oxygen atoms in total. The second-order valence-corrected chi connectivity index (χ2v) is 10.6. The number of rotatable bonds is 9. The van der Waals surface area contributed by atoms with Crippen LogP contribution in [0, 0.1) is 5.92 Å². The van der Waals surface area contributed by atoms with Crippen molar-refractivity contribution < 1.29 is 24.1 Å². The molecule has 1 saturated carbocycles. The zero-order valence-corrected chi connectivity index (χ0v) is 21.2. The largest absolute Gasteiger partial charge is 0.486 e. The van der Waals surface area contributed by atoms with Crippen molar-refractivity contribution >= 4 is 11.6 Å². The van der Waals surface area contributed by atoms with E-state index in [0.29, 0.717) is 49.8 Å². The molecule has 1 amide bonds. The first kappa shape index (κ1) is 24.3. The number of aromatic nitrogens is 1. The van der Waals surface area contributed by atoms with Crippen LogP contribution in [0.15, 0.2) is 36.5 Å². The van der Waals surface area contributed by atoms with E-state index in [1.54, 1.807) is 6.20 Å². The van der Waals surface area contributed by atoms with Crippen molar-refractivity contribution in [2.24, 2.45) is 5.92 Å². The first-order valence-corrected chi connectivity index (χ1v) is 13.6. The molecule has 2 unspecified atom stereocenters. The van der Waals surface area contributed by atoms with Gasteiger partial charge < -0.3 is 34.4 Å². The molecule has 2 aromatic rings. The maximum atomic E-state index is 13.4. The molecule has 37 heavy (non-hydrogen) atoms. The number of hydrogen-bond donors (Lipinski definition) is 2. The van der Waals surface area contributed by atoms with Gasteiger partial charge in [0.15, 0.2) is 11.5 Å². The fourth-order valence-corrected chi connectivity index (χ4v) is 5.47. The van der Waals surface area contributed by atoms with Crippen LogP contribution < -0.4 is 24.4 Å². The lowest BCUT2D eigenvalue weighted by Crippen LogP contribution is -2.48. The van der Waals surface area contributed by atoms with E-state index in [1.807, 2.05) is 30.3 Å². The van der Waals surface area contributed by atoms with Crippen molar-refractivity contribution in [3.05, 3.63) is 42.1 Å². The Kier molecular flexibility index (Phi) is 7.06. The van der Waals surface area contributed by atoms with E-state index < -0.39 is 12.1 Å². The molecule has 4 heterocycles. The summed E-state index contributed by atoms with van der Waals surface area (Å²) in [5.74, 6) is 1.83. The predicted octanol–water partition coefficient (Wildman–Crippen LogP) is 2.53. The van der Waals surface area contributed by atoms with E-state index >= 15 is 0 Å². The lowest BCUT2D eigenvalue weighted by molar-refractivity contribution is -0.126. The Labute approximate surface area is 217 Å². The highest BCUT2D eigenvalue weighted by Gasteiger charge is 2.33. The van der Waals surface area contributed by atoms with Gasteiger partial charge in [-0.2, -0.15) is 0 Å². The number of aliphatic hydroxyl groups is 1. The first-order chi connectivity index (χ1) is 18.1. The van der Waals surface area contributed by atoms with Gasteiger partial charge in [0.2, 0.25) is 11.8 Å². The second-order valence-electron chi connectivity index (χ2n) is 10.6. The highest BCUT2D eigenvalue weighted by atomic mass is 16.6. The summed E-state index contributed by atoms with van der Waals surface area (Å²) in [5.41, 5.74) is 1.76. The Morgan fingerprint density at radius 3 is 2.70 bits per heavy atom. The number of nitrogens with zero attached hydrogens (tertiary/aromatic N) is 3. The number of nitrogens with one attached hydrogen (secondary N) is 1. The molecular weight excluding hydrogens is 472 g/mol. The number of amides is 1. The minimum Gasteiger partial charge on any atom is -0.486 e. The van der Waals surface area contributed by atoms with Crippen molar-refractivity contribution in [1.29, 1.82) is 0 Å². The van der Waals surface area contributed by atoms with Gasteiger partial charge in [0.25, 0.3) is 0 Å². The van der Waals surface area contributed by atoms with Crippen LogP contribution in [0.3, 0.4) is 0 Å². The highest BCUT2D eigenvalue weighted by Crippen LogP contribution is 2.34. The molecule has 2 saturated heterocycles. The Morgan fingerprint density at radius 2 is 1.89 bits per heavy atom. The van der Waals surface area contributed by atoms with Crippen LogP contribution in [0.4, 0.5) is 5.69 Å². The van der Waals surface area contributed by atoms with Gasteiger partial charge >= 0.3 is 0 Å². The Morgan fingerprint density at radius 1 is 1.08 bits per heavy atom. The Hall–Kier alpha value is -3.04. The number of pyridine rings is 1. The van der Waals surface area contributed by atoms with Crippen molar-refractivity contribution in [2.45, 2.75) is 50.4 Å². The van der Waals surface area contributed by atoms with Crippen LogP contribution in [0.25, 0.3) is 0 Å². The molecule has 2 N–H and O–H groups in total. The van der Waals surface area contributed by atoms with Crippen molar-refractivity contribution in [1.82, 2.24) is 15.2 Å². The van der Waals surface area contributed by atoms with E-state index in [2.05, 4.69) is 20.1 Å². The summed E-state index contributed by atoms with van der Waals surface area (Å²) in [6.45, 7) is 5.04. The summed E-state index contributed by atoms with van der Waals surface area (Å²) in [5, 5.41) is 14.6. The van der Waals surface area contributed by atoms with Crippen LogP contribution in [0.5, 0.6) is 17.4 Å². The van der Waals surface area contributed by atoms with Gasteiger partial charge in [-0.1, -0.05) is 6.07 Å². The average Bonchev–Trinajstić information content (AvgIpc) is 3.37. The van der Waals surface area contributed by atoms with Crippen molar-refractivity contribution in [3.63, 3.8) is 0 Å². The van der Waals surface area contributed by atoms with Gasteiger partial charge in [-0.05, 0) is 69.0 Å². The number of aliphatic hydroxyl groups excluding tert-OH is 1. The van der Waals surface area contributed by atoms with Gasteiger partial charge in [-0.3, -0.25) is 4.79 Å². The standard InChI is InChI=1S/C28H36N4O5/c33-27(19-3-6-24-25(15-19)36-14-13-35-24)23(18-31-10-1-2-11-31)30-28(34)20-8-12-32(17-20)21-7-9-29-26(16-21)37-22-4-5-22/h3,6-7,9,15-16,20,22-23,27,33H,1-2,4-5,8,10-14,17-18H2,(H,30,34)/t20-,23?,27?/m0/s1. The van der Waals surface area contributed by atoms with Crippen LogP contribution in [0.1, 0.15) is 43.8 Å². The topological polar surface area (TPSA) is 96.4 Å². The summed E-state index contributed by atoms with van der Waals surface area (Å²) in [7, 11) is 0. The number of carbonyl (C=O) groups is 1. The fraction of sp³-hybridized carbons (Fsp3) is 0.571. The molecule has 3 fully saturated rings. The van der Waals surface area contributed by atoms with Crippen LogP contribution in [-0.4, -0.2) is 79.0 Å². The third kappa shape index (κ3) is 5.78. The maximum Gasteiger partial charge on any atom is 0.225 e. The number of fused-ring (bicyclic) bond motifs is 1. The van der Waals surface area contributed by atoms with E-state index in [9.17, 15) is 9.90 Å². The van der Waals surface area contributed by atoms with Gasteiger partial charge in [0.1, 0.15) is 25.4 Å². The molecule has 3 atom stereocenters. The second kappa shape index (κ2) is 10.8. The summed E-state index contributed by atoms with van der Waals surface area (Å²) < 4.78 is 17.2. The fourth-order valence-electron chi connectivity index (χ4n) is 5.47. The number of likely N-dealkylation sites (tertiary alicyclic amines) is 1. The molecule has 0 spiro atoms. The van der Waals surface area contributed by atoms with E-state index in [-0.39, 0.29) is 11.8 Å². The smallest absolute Gasteiger partial charge is 0.225 e. The monoisotopic (exact) mass is 508 g/mol. The molecule has 1 aromatic carbocycles. The van der Waals surface area contributed by atoms with Gasteiger partial charge in [-0.25, -0.2) is 4.98 Å². The normalized spacial score (nSPS) is 23.1. The SMILES string of the molecule is O=C(NC(CN1CCCC1)C(O)c1ccc2c(c1)OCCO2)[C@H]1CCN(c2ccnc(OC3CC3)c2)C1. The lowest BCUT2D eigenvalue weighted by Gasteiger charge is -2.30. The molecule has 9 heteroatoms. The number of anilines is 1. The minimum absolute atomic E-state index is 0.00759. The lowest BCUT2D eigenvalue weighted by atomic mass is 9.99. The van der Waals surface area contributed by atoms with Gasteiger partial charge in [0.05, 0.1) is 12.0 Å². The number of carbonyl (C=O) groups excluding carboxylic acids is 1. The third-order valence-corrected chi connectivity index (χ3v) is 7.72. The summed E-state index contributed by atoms with van der Waals surface area (Å²) >= 11 is 0. The minimum atomic E-state index is -0.847. The molecule has 3 aliphatic heterocycles. The molecule has 0 radical (unpaired) electrons. The molecular formula is C28H36N4O5. The zero-order valence-electron chi connectivity index (χ0n) is 21.2. The molecule has 1 aliphatic carbocycles. The maximum absolute atomic E-state index is 13.4. The molecule has 6 rings (SSSR count). The number of hydrogen-bond acceptors (Lipinski definition) is 8. The van der Waals surface area contributed by atoms with E-state index in [0.717, 1.165) is 63.0 Å². The Balaban J connectivity index is 1.12. The summed E-state index contributed by atoms with van der Waals surface area (Å²) in [6, 6.07) is 9.07. The number of benzene rings is 1. The highest BCUT2D eigenvalue weighted by molar-refractivity contribution is 5.80. The van der Waals surface area contributed by atoms with Crippen LogP contribution in [-0.2, 0) is 4.79 Å². The summed E-state index contributed by atoms with van der Waals surface area (Å²) in [4.78, 5) is 22.3. The van der Waals surface area contributed by atoms with Crippen molar-refractivity contribution in [3.8, 4) is 17.4 Å². The molecule has 4 aliphatic rings. The van der Waals surface area contributed by atoms with Gasteiger partial charge in [0, 0.05) is 37.6 Å². The third-order valence-electron chi connectivity index (χ3n) is 7.72. The summed E-state index contributed by atoms with van der Waals surface area (Å²) in [6.07, 6.45) is 6.48. The molecule has 1 aromatic heterocycles. The van der Waals surface area contributed by atoms with Crippen molar-refractivity contribution in [2.75, 3.05) is 50.8 Å². The molecule has 0 bridgehead atoms. The van der Waals surface area contributed by atoms with Gasteiger partial charge in [-0.15, -0.1) is 0 Å². The first-order valence-electron chi connectivity index (χ1n) is 13.6.